The molecule has 7 heteroatoms. The van der Waals surface area contributed by atoms with Crippen molar-refractivity contribution < 1.29 is 8.42 Å². The van der Waals surface area contributed by atoms with E-state index in [4.69, 9.17) is 0 Å². The van der Waals surface area contributed by atoms with Gasteiger partial charge in [-0.3, -0.25) is 0 Å². The minimum atomic E-state index is -3.03. The highest BCUT2D eigenvalue weighted by Crippen LogP contribution is 2.45. The molecule has 2 unspecified atom stereocenters. The van der Waals surface area contributed by atoms with Gasteiger partial charge in [-0.2, -0.15) is 19.3 Å². The summed E-state index contributed by atoms with van der Waals surface area (Å²) >= 11 is 0. The first-order valence-electron chi connectivity index (χ1n) is 7.04. The van der Waals surface area contributed by atoms with Crippen LogP contribution in [0.25, 0.3) is 0 Å². The van der Waals surface area contributed by atoms with Crippen LogP contribution in [0.3, 0.4) is 0 Å². The smallest absolute Gasteiger partial charge is 0.212 e. The fourth-order valence-electron chi connectivity index (χ4n) is 3.66. The summed E-state index contributed by atoms with van der Waals surface area (Å²) in [6.45, 7) is 0. The molecule has 3 fully saturated rings. The molecule has 1 aromatic rings. The summed E-state index contributed by atoms with van der Waals surface area (Å²) in [7, 11) is -3.03. The Morgan fingerprint density at radius 2 is 1.47 bits per heavy atom. The van der Waals surface area contributed by atoms with Crippen molar-refractivity contribution >= 4 is 10.0 Å². The molecule has 19 heavy (non-hydrogen) atoms. The minimum Gasteiger partial charge on any atom is -0.212 e. The first kappa shape index (κ1) is 11.8. The molecule has 1 aromatic heterocycles. The number of nitrogens with zero attached hydrogens (tertiary/aromatic N) is 4. The van der Waals surface area contributed by atoms with Crippen molar-refractivity contribution in [2.75, 3.05) is 0 Å². The molecule has 104 valence electrons. The summed E-state index contributed by atoms with van der Waals surface area (Å²) in [5.74, 6) is 0. The minimum absolute atomic E-state index is 0.0880. The summed E-state index contributed by atoms with van der Waals surface area (Å²) < 4.78 is 26.8. The molecule has 0 amide bonds. The molecule has 6 nitrogen and oxygen atoms in total. The third-order valence-electron chi connectivity index (χ3n) is 4.64. The van der Waals surface area contributed by atoms with Gasteiger partial charge in [-0.05, 0) is 38.5 Å². The van der Waals surface area contributed by atoms with E-state index in [2.05, 4.69) is 10.2 Å². The highest BCUT2D eigenvalue weighted by Gasteiger charge is 2.51. The highest BCUT2D eigenvalue weighted by molar-refractivity contribution is 7.90. The summed E-state index contributed by atoms with van der Waals surface area (Å²) in [6.07, 6.45) is 8.78. The largest absolute Gasteiger partial charge is 0.217 e. The lowest BCUT2D eigenvalue weighted by Crippen LogP contribution is -2.48. The Morgan fingerprint density at radius 3 is 2.00 bits per heavy atom. The maximum Gasteiger partial charge on any atom is 0.217 e. The molecule has 1 aliphatic carbocycles. The van der Waals surface area contributed by atoms with E-state index in [0.717, 1.165) is 38.5 Å². The monoisotopic (exact) mass is 282 g/mol. The summed E-state index contributed by atoms with van der Waals surface area (Å²) in [5, 5.41) is 8.33. The van der Waals surface area contributed by atoms with Crippen LogP contribution in [0.5, 0.6) is 0 Å². The summed E-state index contributed by atoms with van der Waals surface area (Å²) in [4.78, 5) is 1.76. The Labute approximate surface area is 112 Å². The predicted molar refractivity (Wildman–Crippen MR) is 68.9 cm³/mol. The third kappa shape index (κ3) is 1.82. The van der Waals surface area contributed by atoms with E-state index in [-0.39, 0.29) is 23.4 Å². The van der Waals surface area contributed by atoms with Crippen LogP contribution in [0, 0.1) is 0 Å². The summed E-state index contributed by atoms with van der Waals surface area (Å²) in [6, 6.07) is 0.596. The van der Waals surface area contributed by atoms with E-state index >= 15 is 0 Å². The molecule has 1 saturated carbocycles. The predicted octanol–water partition coefficient (Wildman–Crippen LogP) is 0.938. The standard InChI is InChI=1S/C12H18N4O2S/c17-19(18,12-3-4-12)15-9-1-2-10(15)8-11(7-9)16-13-5-6-14-16/h5-6,9-12H,1-4,7-8H2. The van der Waals surface area contributed by atoms with E-state index in [1.807, 2.05) is 4.31 Å². The molecule has 0 spiro atoms. The lowest BCUT2D eigenvalue weighted by molar-refractivity contribution is 0.174. The quantitative estimate of drug-likeness (QED) is 0.827. The zero-order chi connectivity index (χ0) is 13.0. The van der Waals surface area contributed by atoms with Gasteiger partial charge in [0.25, 0.3) is 0 Å². The number of hydrogen-bond acceptors (Lipinski definition) is 4. The zero-order valence-corrected chi connectivity index (χ0v) is 11.5. The van der Waals surface area contributed by atoms with Crippen molar-refractivity contribution in [1.82, 2.24) is 19.3 Å². The Bertz CT molecular complexity index is 553. The van der Waals surface area contributed by atoms with Crippen LogP contribution in [0.1, 0.15) is 44.6 Å². The van der Waals surface area contributed by atoms with Crippen molar-refractivity contribution in [3.05, 3.63) is 12.4 Å². The second-order valence-corrected chi connectivity index (χ2v) is 8.05. The molecule has 2 atom stereocenters. The van der Waals surface area contributed by atoms with E-state index in [1.54, 1.807) is 17.2 Å². The lowest BCUT2D eigenvalue weighted by atomic mass is 10.0. The van der Waals surface area contributed by atoms with Gasteiger partial charge >= 0.3 is 0 Å². The molecule has 0 radical (unpaired) electrons. The van der Waals surface area contributed by atoms with Crippen molar-refractivity contribution in [2.24, 2.45) is 0 Å². The molecule has 4 rings (SSSR count). The van der Waals surface area contributed by atoms with Gasteiger partial charge in [-0.25, -0.2) is 8.42 Å². The highest BCUT2D eigenvalue weighted by atomic mass is 32.2. The van der Waals surface area contributed by atoms with Gasteiger partial charge in [-0.1, -0.05) is 0 Å². The van der Waals surface area contributed by atoms with Crippen LogP contribution in [-0.2, 0) is 10.0 Å². The SMILES string of the molecule is O=S(=O)(C1CC1)N1C2CCC1CC(n1nccn1)C2. The van der Waals surface area contributed by atoms with Gasteiger partial charge in [-0.15, -0.1) is 0 Å². The molecule has 2 saturated heterocycles. The average molecular weight is 282 g/mol. The molecule has 2 aliphatic heterocycles. The lowest BCUT2D eigenvalue weighted by Gasteiger charge is -2.37. The van der Waals surface area contributed by atoms with Crippen LogP contribution in [0.15, 0.2) is 12.4 Å². The van der Waals surface area contributed by atoms with E-state index in [0.29, 0.717) is 0 Å². The number of piperidine rings is 1. The second-order valence-electron chi connectivity index (χ2n) is 5.93. The number of sulfonamides is 1. The molecule has 2 bridgehead atoms. The van der Waals surface area contributed by atoms with Gasteiger partial charge in [0.1, 0.15) is 0 Å². The van der Waals surface area contributed by atoms with Crippen LogP contribution in [0.4, 0.5) is 0 Å². The molecule has 3 heterocycles. The molecule has 3 aliphatic rings. The fourth-order valence-corrected chi connectivity index (χ4v) is 5.95. The van der Waals surface area contributed by atoms with E-state index in [1.165, 1.54) is 0 Å². The Morgan fingerprint density at radius 1 is 0.895 bits per heavy atom. The number of aromatic nitrogens is 3. The fraction of sp³-hybridized carbons (Fsp3) is 0.833. The normalized spacial score (nSPS) is 35.7. The van der Waals surface area contributed by atoms with Crippen LogP contribution in [0.2, 0.25) is 0 Å². The second kappa shape index (κ2) is 4.02. The first-order chi connectivity index (χ1) is 9.16. The molecule has 0 aromatic carbocycles. The van der Waals surface area contributed by atoms with Crippen LogP contribution in [-0.4, -0.2) is 45.1 Å². The molecule has 0 N–H and O–H groups in total. The Hall–Kier alpha value is -0.950. The number of hydrogen-bond donors (Lipinski definition) is 0. The molecular formula is C12H18N4O2S. The van der Waals surface area contributed by atoms with Gasteiger partial charge < -0.3 is 0 Å². The van der Waals surface area contributed by atoms with Gasteiger partial charge in [0, 0.05) is 12.1 Å². The topological polar surface area (TPSA) is 68.1 Å². The average Bonchev–Trinajstić information content (AvgIpc) is 3.05. The number of rotatable bonds is 3. The maximum absolute atomic E-state index is 12.5. The number of fused-ring (bicyclic) bond motifs is 2. The third-order valence-corrected chi connectivity index (χ3v) is 7.14. The van der Waals surface area contributed by atoms with Gasteiger partial charge in [0.2, 0.25) is 10.0 Å². The molecular weight excluding hydrogens is 264 g/mol. The zero-order valence-electron chi connectivity index (χ0n) is 10.7. The summed E-state index contributed by atoms with van der Waals surface area (Å²) in [5.41, 5.74) is 0. The first-order valence-corrected chi connectivity index (χ1v) is 8.55. The maximum atomic E-state index is 12.5. The van der Waals surface area contributed by atoms with Gasteiger partial charge in [0.15, 0.2) is 0 Å². The van der Waals surface area contributed by atoms with Crippen LogP contribution < -0.4 is 0 Å². The van der Waals surface area contributed by atoms with Crippen LogP contribution >= 0.6 is 0 Å². The van der Waals surface area contributed by atoms with E-state index in [9.17, 15) is 8.42 Å². The Balaban J connectivity index is 1.59. The van der Waals surface area contributed by atoms with Crippen molar-refractivity contribution in [2.45, 2.75) is 61.9 Å². The van der Waals surface area contributed by atoms with E-state index < -0.39 is 10.0 Å². The van der Waals surface area contributed by atoms with Crippen molar-refractivity contribution in [3.8, 4) is 0 Å². The van der Waals surface area contributed by atoms with Gasteiger partial charge in [0.05, 0.1) is 23.7 Å². The van der Waals surface area contributed by atoms with Crippen molar-refractivity contribution in [3.63, 3.8) is 0 Å². The Kier molecular flexibility index (Phi) is 2.51. The van der Waals surface area contributed by atoms with Crippen molar-refractivity contribution in [1.29, 1.82) is 0 Å².